The SMILES string of the molecule is COc1cc2c(CN3CCN(Sc4ccc(N)cc4)CC3)c3c(nc2cc1F)-c1cc2c(c(=O)n1C3)COC(=O)C2O. The van der Waals surface area contributed by atoms with Crippen LogP contribution in [-0.4, -0.2) is 63.1 Å². The lowest BCUT2D eigenvalue weighted by Crippen LogP contribution is -2.43. The van der Waals surface area contributed by atoms with Gasteiger partial charge >= 0.3 is 5.97 Å². The van der Waals surface area contributed by atoms with E-state index in [4.69, 9.17) is 20.2 Å². The highest BCUT2D eigenvalue weighted by molar-refractivity contribution is 7.97. The van der Waals surface area contributed by atoms with Crippen molar-refractivity contribution in [3.8, 4) is 17.1 Å². The van der Waals surface area contributed by atoms with Crippen LogP contribution < -0.4 is 16.0 Å². The Kier molecular flexibility index (Phi) is 6.65. The van der Waals surface area contributed by atoms with Crippen molar-refractivity contribution in [2.45, 2.75) is 30.7 Å². The van der Waals surface area contributed by atoms with Crippen molar-refractivity contribution in [2.75, 3.05) is 39.0 Å². The molecule has 42 heavy (non-hydrogen) atoms. The molecule has 1 saturated heterocycles. The molecule has 7 rings (SSSR count). The number of aliphatic hydroxyl groups excluding tert-OH is 1. The number of carbonyl (C=O) groups excluding carboxylic acids is 1. The number of cyclic esters (lactones) is 1. The zero-order valence-corrected chi connectivity index (χ0v) is 23.6. The number of aromatic nitrogens is 2. The lowest BCUT2D eigenvalue weighted by Gasteiger charge is -2.34. The number of fused-ring (bicyclic) bond motifs is 5. The molecule has 0 amide bonds. The van der Waals surface area contributed by atoms with E-state index in [0.29, 0.717) is 23.4 Å². The van der Waals surface area contributed by atoms with E-state index in [0.717, 1.165) is 53.3 Å². The van der Waals surface area contributed by atoms with E-state index in [1.54, 1.807) is 28.6 Å². The summed E-state index contributed by atoms with van der Waals surface area (Å²) in [7, 11) is 1.43. The maximum Gasteiger partial charge on any atom is 0.340 e. The Balaban J connectivity index is 1.25. The van der Waals surface area contributed by atoms with Crippen molar-refractivity contribution in [1.29, 1.82) is 0 Å². The van der Waals surface area contributed by atoms with Crippen LogP contribution in [0.25, 0.3) is 22.3 Å². The largest absolute Gasteiger partial charge is 0.494 e. The van der Waals surface area contributed by atoms with Gasteiger partial charge in [0.25, 0.3) is 5.56 Å². The number of esters is 1. The van der Waals surface area contributed by atoms with Crippen LogP contribution >= 0.6 is 11.9 Å². The molecule has 0 spiro atoms. The van der Waals surface area contributed by atoms with Crippen LogP contribution in [0.5, 0.6) is 5.75 Å². The fraction of sp³-hybridized carbons (Fsp3) is 0.300. The maximum atomic E-state index is 14.9. The minimum absolute atomic E-state index is 0.122. The zero-order valence-electron chi connectivity index (χ0n) is 22.8. The number of methoxy groups -OCH3 is 1. The highest BCUT2D eigenvalue weighted by Crippen LogP contribution is 2.40. The Morgan fingerprint density at radius 1 is 1.12 bits per heavy atom. The lowest BCUT2D eigenvalue weighted by atomic mass is 9.98. The molecule has 5 heterocycles. The number of piperazine rings is 1. The third-order valence-corrected chi connectivity index (χ3v) is 9.28. The molecule has 2 aromatic heterocycles. The van der Waals surface area contributed by atoms with Gasteiger partial charge in [-0.05, 0) is 53.9 Å². The molecular formula is C30H28FN5O5S. The first-order chi connectivity index (χ1) is 20.3. The highest BCUT2D eigenvalue weighted by Gasteiger charge is 2.35. The van der Waals surface area contributed by atoms with Gasteiger partial charge in [0.1, 0.15) is 6.61 Å². The summed E-state index contributed by atoms with van der Waals surface area (Å²) in [5.74, 6) is -1.20. The lowest BCUT2D eigenvalue weighted by molar-refractivity contribution is -0.157. The Labute approximate surface area is 244 Å². The molecule has 3 aliphatic heterocycles. The maximum absolute atomic E-state index is 14.9. The Morgan fingerprint density at radius 3 is 2.62 bits per heavy atom. The topological polar surface area (TPSA) is 123 Å². The van der Waals surface area contributed by atoms with Gasteiger partial charge in [-0.25, -0.2) is 18.5 Å². The molecule has 216 valence electrons. The van der Waals surface area contributed by atoms with Crippen molar-refractivity contribution in [3.63, 3.8) is 0 Å². The van der Waals surface area contributed by atoms with Gasteiger partial charge < -0.3 is 24.9 Å². The summed E-state index contributed by atoms with van der Waals surface area (Å²) in [6.07, 6.45) is -1.54. The van der Waals surface area contributed by atoms with Crippen LogP contribution in [0, 0.1) is 5.82 Å². The summed E-state index contributed by atoms with van der Waals surface area (Å²) >= 11 is 1.71. The predicted octanol–water partition coefficient (Wildman–Crippen LogP) is 3.07. The van der Waals surface area contributed by atoms with E-state index in [9.17, 15) is 19.1 Å². The zero-order chi connectivity index (χ0) is 29.1. The summed E-state index contributed by atoms with van der Waals surface area (Å²) in [5.41, 5.74) is 10.00. The number of nitrogen functional groups attached to an aromatic ring is 1. The van der Waals surface area contributed by atoms with Crippen molar-refractivity contribution < 1.29 is 23.8 Å². The average Bonchev–Trinajstić information content (AvgIpc) is 3.35. The number of ether oxygens (including phenoxy) is 2. The van der Waals surface area contributed by atoms with Crippen molar-refractivity contribution in [1.82, 2.24) is 18.8 Å². The number of nitrogens with two attached hydrogens (primary N) is 1. The molecule has 0 bridgehead atoms. The standard InChI is InChI=1S/C30H28FN5O5S/c1-40-26-11-18-20(13-34-6-8-35(9-7-34)42-17-4-2-16(32)3-5-17)21-14-36-25(27(21)33-24(18)12-23(26)31)10-19-22(29(36)38)15-41-30(39)28(19)37/h2-5,10-12,28,37H,6-9,13-15,32H2,1H3. The number of nitrogens with zero attached hydrogens (tertiary/aromatic N) is 4. The summed E-state index contributed by atoms with van der Waals surface area (Å²) in [4.78, 5) is 33.8. The molecule has 1 atom stereocenters. The van der Waals surface area contributed by atoms with Crippen LogP contribution in [-0.2, 0) is 29.2 Å². The fourth-order valence-electron chi connectivity index (χ4n) is 5.93. The first-order valence-electron chi connectivity index (χ1n) is 13.6. The van der Waals surface area contributed by atoms with Crippen LogP contribution in [0.15, 0.2) is 52.2 Å². The van der Waals surface area contributed by atoms with E-state index < -0.39 is 17.9 Å². The van der Waals surface area contributed by atoms with Gasteiger partial charge in [0, 0.05) is 65.9 Å². The van der Waals surface area contributed by atoms with Crippen LogP contribution in [0.4, 0.5) is 10.1 Å². The first-order valence-corrected chi connectivity index (χ1v) is 14.4. The summed E-state index contributed by atoms with van der Waals surface area (Å²) in [5, 5.41) is 11.2. The van der Waals surface area contributed by atoms with Gasteiger partial charge in [0.15, 0.2) is 17.7 Å². The van der Waals surface area contributed by atoms with Gasteiger partial charge in [-0.2, -0.15) is 0 Å². The molecule has 3 N–H and O–H groups in total. The number of hydrogen-bond donors (Lipinski definition) is 2. The van der Waals surface area contributed by atoms with E-state index in [1.165, 1.54) is 13.2 Å². The van der Waals surface area contributed by atoms with E-state index in [1.807, 2.05) is 24.3 Å². The number of pyridine rings is 2. The van der Waals surface area contributed by atoms with Gasteiger partial charge in [-0.15, -0.1) is 0 Å². The minimum Gasteiger partial charge on any atom is -0.494 e. The molecule has 0 aliphatic carbocycles. The summed E-state index contributed by atoms with van der Waals surface area (Å²) in [6.45, 7) is 3.96. The first kappa shape index (κ1) is 26.9. The molecule has 10 nitrogen and oxygen atoms in total. The van der Waals surface area contributed by atoms with E-state index in [-0.39, 0.29) is 35.6 Å². The average molecular weight is 590 g/mol. The van der Waals surface area contributed by atoms with Gasteiger partial charge in [-0.1, -0.05) is 0 Å². The fourth-order valence-corrected chi connectivity index (χ4v) is 6.83. The van der Waals surface area contributed by atoms with Crippen molar-refractivity contribution in [2.24, 2.45) is 0 Å². The van der Waals surface area contributed by atoms with Crippen LogP contribution in [0.1, 0.15) is 28.4 Å². The number of halogens is 1. The molecule has 1 unspecified atom stereocenters. The molecule has 2 aromatic carbocycles. The van der Waals surface area contributed by atoms with Gasteiger partial charge in [-0.3, -0.25) is 9.69 Å². The third kappa shape index (κ3) is 4.51. The quantitative estimate of drug-likeness (QED) is 0.180. The number of benzene rings is 2. The second kappa shape index (κ2) is 10.4. The molecule has 0 saturated carbocycles. The van der Waals surface area contributed by atoms with Crippen LogP contribution in [0.2, 0.25) is 0 Å². The molecule has 3 aliphatic rings. The number of rotatable bonds is 5. The van der Waals surface area contributed by atoms with Crippen LogP contribution in [0.3, 0.4) is 0 Å². The molecular weight excluding hydrogens is 561 g/mol. The number of hydrogen-bond acceptors (Lipinski definition) is 10. The molecule has 4 aromatic rings. The second-order valence-corrected chi connectivity index (χ2v) is 11.8. The monoisotopic (exact) mass is 589 g/mol. The van der Waals surface area contributed by atoms with Gasteiger partial charge in [0.05, 0.1) is 36.1 Å². The van der Waals surface area contributed by atoms with E-state index in [2.05, 4.69) is 9.21 Å². The second-order valence-electron chi connectivity index (χ2n) is 10.7. The molecule has 12 heteroatoms. The predicted molar refractivity (Wildman–Crippen MR) is 155 cm³/mol. The number of aliphatic hydroxyl groups is 1. The summed E-state index contributed by atoms with van der Waals surface area (Å²) < 4.78 is 29.1. The van der Waals surface area contributed by atoms with Crippen molar-refractivity contribution in [3.05, 3.63) is 80.9 Å². The van der Waals surface area contributed by atoms with Gasteiger partial charge in [0.2, 0.25) is 0 Å². The normalized spacial score (nSPS) is 18.5. The minimum atomic E-state index is -1.54. The van der Waals surface area contributed by atoms with E-state index >= 15 is 0 Å². The number of carbonyl (C=O) groups is 1. The Bertz CT molecular complexity index is 1800. The molecule has 0 radical (unpaired) electrons. The number of anilines is 1. The smallest absolute Gasteiger partial charge is 0.340 e. The Hall–Kier alpha value is -3.97. The molecule has 1 fully saturated rings. The highest BCUT2D eigenvalue weighted by atomic mass is 32.2. The third-order valence-electron chi connectivity index (χ3n) is 8.18. The summed E-state index contributed by atoms with van der Waals surface area (Å²) in [6, 6.07) is 12.5. The Morgan fingerprint density at radius 2 is 1.88 bits per heavy atom. The van der Waals surface area contributed by atoms with Crippen molar-refractivity contribution >= 4 is 34.5 Å².